The van der Waals surface area contributed by atoms with Crippen molar-refractivity contribution >= 4 is 40.8 Å². The molecular weight excluding hydrogens is 499 g/mol. The second kappa shape index (κ2) is 10.5. The number of anilines is 1. The summed E-state index contributed by atoms with van der Waals surface area (Å²) in [6, 6.07) is 30.8. The van der Waals surface area contributed by atoms with Gasteiger partial charge in [-0.15, -0.1) is 0 Å². The number of aliphatic imine (C=N–C) groups is 1. The van der Waals surface area contributed by atoms with Crippen molar-refractivity contribution in [1.82, 2.24) is 0 Å². The van der Waals surface area contributed by atoms with E-state index in [2.05, 4.69) is 71.0 Å². The molecule has 5 heteroatoms. The first kappa shape index (κ1) is 23.8. The van der Waals surface area contributed by atoms with E-state index in [9.17, 15) is 0 Å². The van der Waals surface area contributed by atoms with Gasteiger partial charge in [0, 0.05) is 22.8 Å². The molecule has 0 fully saturated rings. The Morgan fingerprint density at radius 2 is 1.78 bits per heavy atom. The number of fused-ring (bicyclic) bond motifs is 3. The summed E-state index contributed by atoms with van der Waals surface area (Å²) in [5.74, 6) is 1.64. The van der Waals surface area contributed by atoms with E-state index in [0.717, 1.165) is 23.2 Å². The number of para-hydroxylation sites is 1. The number of hydrogen-bond acceptors (Lipinski definition) is 3. The van der Waals surface area contributed by atoms with Crippen molar-refractivity contribution in [2.45, 2.75) is 25.0 Å². The van der Waals surface area contributed by atoms with E-state index < -0.39 is 0 Å². The summed E-state index contributed by atoms with van der Waals surface area (Å²) in [6.07, 6.45) is 7.61. The molecule has 1 aliphatic heterocycles. The molecule has 0 saturated carbocycles. The van der Waals surface area contributed by atoms with Crippen molar-refractivity contribution in [3.63, 3.8) is 0 Å². The number of benzene rings is 4. The monoisotopic (exact) mass is 524 g/mol. The average Bonchev–Trinajstić information content (AvgIpc) is 3.42. The zero-order chi connectivity index (χ0) is 25.2. The van der Waals surface area contributed by atoms with Gasteiger partial charge in [0.15, 0.2) is 0 Å². The number of ether oxygens (including phenoxy) is 1. The third-order valence-corrected chi connectivity index (χ3v) is 7.66. The average molecular weight is 525 g/mol. The molecule has 0 radical (unpaired) electrons. The van der Waals surface area contributed by atoms with Crippen LogP contribution in [0.5, 0.6) is 5.75 Å². The second-order valence-corrected chi connectivity index (χ2v) is 10.4. The Bertz CT molecular complexity index is 1480. The zero-order valence-corrected chi connectivity index (χ0v) is 21.7. The minimum Gasteiger partial charge on any atom is -0.487 e. The predicted octanol–water partition coefficient (Wildman–Crippen LogP) is 9.15. The van der Waals surface area contributed by atoms with Crippen LogP contribution in [0.3, 0.4) is 0 Å². The van der Waals surface area contributed by atoms with Gasteiger partial charge in [-0.05, 0) is 83.1 Å². The lowest BCUT2D eigenvalue weighted by atomic mass is 9.77. The zero-order valence-electron chi connectivity index (χ0n) is 20.1. The fourth-order valence-electron chi connectivity index (χ4n) is 5.29. The Balaban J connectivity index is 1.12. The largest absolute Gasteiger partial charge is 0.487 e. The Kier molecular flexibility index (Phi) is 6.73. The van der Waals surface area contributed by atoms with E-state index in [4.69, 9.17) is 27.9 Å². The molecule has 1 heterocycles. The molecule has 37 heavy (non-hydrogen) atoms. The van der Waals surface area contributed by atoms with Gasteiger partial charge in [0.1, 0.15) is 12.4 Å². The summed E-state index contributed by atoms with van der Waals surface area (Å²) < 4.78 is 5.87. The third-order valence-electron chi connectivity index (χ3n) is 7.13. The molecule has 4 aromatic rings. The molecule has 184 valence electrons. The summed E-state index contributed by atoms with van der Waals surface area (Å²) in [7, 11) is 0. The van der Waals surface area contributed by atoms with Crippen LogP contribution in [-0.2, 0) is 6.61 Å². The first-order chi connectivity index (χ1) is 18.1. The summed E-state index contributed by atoms with van der Waals surface area (Å²) in [4.78, 5) is 4.67. The molecular formula is C32H26Cl2N2O. The van der Waals surface area contributed by atoms with Gasteiger partial charge < -0.3 is 10.1 Å². The van der Waals surface area contributed by atoms with Crippen LogP contribution in [0.1, 0.15) is 40.6 Å². The molecule has 1 N–H and O–H groups in total. The molecule has 3 nitrogen and oxygen atoms in total. The number of hydrogen-bond donors (Lipinski definition) is 1. The first-order valence-corrected chi connectivity index (χ1v) is 13.2. The van der Waals surface area contributed by atoms with Gasteiger partial charge in [-0.2, -0.15) is 0 Å². The topological polar surface area (TPSA) is 33.6 Å². The Labute approximate surface area is 227 Å². The normalized spacial score (nSPS) is 19.9. The van der Waals surface area contributed by atoms with Gasteiger partial charge in [-0.3, -0.25) is 4.99 Å². The van der Waals surface area contributed by atoms with Gasteiger partial charge in [0.05, 0.1) is 16.8 Å². The Morgan fingerprint density at radius 3 is 2.62 bits per heavy atom. The van der Waals surface area contributed by atoms with Crippen LogP contribution in [0.15, 0.2) is 108 Å². The highest BCUT2D eigenvalue weighted by Crippen LogP contribution is 2.49. The number of nitrogens with zero attached hydrogens (tertiary/aromatic N) is 1. The predicted molar refractivity (Wildman–Crippen MR) is 154 cm³/mol. The van der Waals surface area contributed by atoms with Gasteiger partial charge in [-0.25, -0.2) is 0 Å². The lowest BCUT2D eigenvalue weighted by Gasteiger charge is -2.37. The fraction of sp³-hybridized carbons (Fsp3) is 0.156. The summed E-state index contributed by atoms with van der Waals surface area (Å²) >= 11 is 12.5. The molecule has 1 aliphatic carbocycles. The maximum absolute atomic E-state index is 6.47. The SMILES string of the molecule is Clc1cccc(COc2ccc(C=Nc3ccc([C@@H]4Nc5ccccc5[C@@H]5C=CC[C@@H]54)cc3)cc2Cl)c1. The Hall–Kier alpha value is -3.53. The highest BCUT2D eigenvalue weighted by atomic mass is 35.5. The van der Waals surface area contributed by atoms with E-state index in [1.165, 1.54) is 16.8 Å². The number of halogens is 2. The van der Waals surface area contributed by atoms with Crippen LogP contribution >= 0.6 is 23.2 Å². The minimum absolute atomic E-state index is 0.284. The summed E-state index contributed by atoms with van der Waals surface area (Å²) in [5, 5.41) is 5.02. The van der Waals surface area contributed by atoms with Gasteiger partial charge in [0.25, 0.3) is 0 Å². The number of allylic oxidation sites excluding steroid dienone is 2. The minimum atomic E-state index is 0.284. The van der Waals surface area contributed by atoms with E-state index in [0.29, 0.717) is 34.2 Å². The number of rotatable bonds is 6. The molecule has 0 unspecified atom stereocenters. The second-order valence-electron chi connectivity index (χ2n) is 9.52. The van der Waals surface area contributed by atoms with Crippen LogP contribution in [0.4, 0.5) is 11.4 Å². The molecule has 0 aromatic heterocycles. The summed E-state index contributed by atoms with van der Waals surface area (Å²) in [5.41, 5.74) is 6.73. The van der Waals surface area contributed by atoms with Crippen LogP contribution in [0.2, 0.25) is 10.0 Å². The van der Waals surface area contributed by atoms with Gasteiger partial charge in [0.2, 0.25) is 0 Å². The number of nitrogens with one attached hydrogen (secondary N) is 1. The van der Waals surface area contributed by atoms with E-state index >= 15 is 0 Å². The lowest BCUT2D eigenvalue weighted by Crippen LogP contribution is -2.28. The molecule has 0 amide bonds. The van der Waals surface area contributed by atoms with Crippen molar-refractivity contribution in [1.29, 1.82) is 0 Å². The standard InChI is InChI=1S/C32H26Cl2N2O/c33-24-6-3-5-22(17-24)20-37-31-16-11-21(18-29(31)34)19-35-25-14-12-23(13-15-25)32-28-9-4-8-26(28)27-7-1-2-10-30(27)36-32/h1-8,10-19,26,28,32,36H,9,20H2/t26-,28-,32-/m0/s1. The third kappa shape index (κ3) is 5.16. The van der Waals surface area contributed by atoms with Crippen molar-refractivity contribution in [3.8, 4) is 5.75 Å². The Morgan fingerprint density at radius 1 is 0.919 bits per heavy atom. The smallest absolute Gasteiger partial charge is 0.138 e. The van der Waals surface area contributed by atoms with Crippen LogP contribution in [0, 0.1) is 5.92 Å². The summed E-state index contributed by atoms with van der Waals surface area (Å²) in [6.45, 7) is 0.402. The molecule has 0 bridgehead atoms. The maximum atomic E-state index is 6.47. The van der Waals surface area contributed by atoms with Gasteiger partial charge in [-0.1, -0.05) is 77.8 Å². The molecule has 4 aromatic carbocycles. The van der Waals surface area contributed by atoms with E-state index in [1.54, 1.807) is 0 Å². The van der Waals surface area contributed by atoms with Crippen LogP contribution in [0.25, 0.3) is 0 Å². The van der Waals surface area contributed by atoms with Crippen LogP contribution in [-0.4, -0.2) is 6.21 Å². The first-order valence-electron chi connectivity index (χ1n) is 12.5. The molecule has 2 aliphatic rings. The van der Waals surface area contributed by atoms with Crippen LogP contribution < -0.4 is 10.1 Å². The molecule has 6 rings (SSSR count). The fourth-order valence-corrected chi connectivity index (χ4v) is 5.75. The quantitative estimate of drug-likeness (QED) is 0.201. The van der Waals surface area contributed by atoms with Gasteiger partial charge >= 0.3 is 0 Å². The van der Waals surface area contributed by atoms with E-state index in [1.807, 2.05) is 48.7 Å². The maximum Gasteiger partial charge on any atom is 0.138 e. The van der Waals surface area contributed by atoms with Crippen molar-refractivity contribution in [3.05, 3.63) is 135 Å². The lowest BCUT2D eigenvalue weighted by molar-refractivity contribution is 0.306. The van der Waals surface area contributed by atoms with Crippen molar-refractivity contribution in [2.24, 2.45) is 10.9 Å². The highest BCUT2D eigenvalue weighted by molar-refractivity contribution is 6.32. The van der Waals surface area contributed by atoms with E-state index in [-0.39, 0.29) is 6.04 Å². The molecule has 0 saturated heterocycles. The van der Waals surface area contributed by atoms with Crippen molar-refractivity contribution in [2.75, 3.05) is 5.32 Å². The van der Waals surface area contributed by atoms with Crippen molar-refractivity contribution < 1.29 is 4.74 Å². The molecule has 0 spiro atoms. The molecule has 3 atom stereocenters. The highest BCUT2D eigenvalue weighted by Gasteiger charge is 2.37.